The second kappa shape index (κ2) is 5.69. The highest BCUT2D eigenvalue weighted by Gasteiger charge is 2.12. The number of benzene rings is 2. The van der Waals surface area contributed by atoms with Crippen molar-refractivity contribution in [3.8, 4) is 34.3 Å². The summed E-state index contributed by atoms with van der Waals surface area (Å²) in [7, 11) is 0. The molecule has 0 amide bonds. The predicted molar refractivity (Wildman–Crippen MR) is 83.2 cm³/mol. The fourth-order valence-electron chi connectivity index (χ4n) is 2.26. The third-order valence-electron chi connectivity index (χ3n) is 3.42. The van der Waals surface area contributed by atoms with Crippen LogP contribution in [-0.4, -0.2) is 20.3 Å². The quantitative estimate of drug-likeness (QED) is 0.569. The molecule has 0 aliphatic heterocycles. The largest absolute Gasteiger partial charge is 0.334 e. The molecule has 0 aliphatic rings. The van der Waals surface area contributed by atoms with Gasteiger partial charge in [-0.1, -0.05) is 28.5 Å². The van der Waals surface area contributed by atoms with Crippen LogP contribution >= 0.6 is 0 Å². The first-order chi connectivity index (χ1) is 11.7. The molecule has 0 fully saturated rings. The lowest BCUT2D eigenvalue weighted by atomic mass is 10.1. The zero-order chi connectivity index (χ0) is 16.5. The first kappa shape index (κ1) is 14.3. The molecule has 4 aromatic rings. The lowest BCUT2D eigenvalue weighted by Crippen LogP contribution is -1.83. The number of aromatic nitrogens is 4. The molecule has 4 rings (SSSR count). The average Bonchev–Trinajstić information content (AvgIpc) is 3.24. The first-order valence-electron chi connectivity index (χ1n) is 7.20. The standard InChI is InChI=1S/C17H11FN4O2/c1-10-19-16(23-21-10)12-7-5-11(6-8-12)15-20-17(24-22-15)13-3-2-4-14(18)9-13/h2-9H,1H3. The molecular formula is C17H11FN4O2. The normalized spacial score (nSPS) is 10.9. The van der Waals surface area contributed by atoms with E-state index in [0.717, 1.165) is 11.1 Å². The van der Waals surface area contributed by atoms with E-state index in [9.17, 15) is 4.39 Å². The van der Waals surface area contributed by atoms with Crippen LogP contribution in [0.1, 0.15) is 5.82 Å². The summed E-state index contributed by atoms with van der Waals surface area (Å²) in [4.78, 5) is 8.47. The van der Waals surface area contributed by atoms with E-state index in [4.69, 9.17) is 9.05 Å². The Labute approximate surface area is 136 Å². The summed E-state index contributed by atoms with van der Waals surface area (Å²) in [6, 6.07) is 13.3. The molecule has 0 aliphatic carbocycles. The molecule has 0 atom stereocenters. The number of hydrogen-bond donors (Lipinski definition) is 0. The number of nitrogens with zero attached hydrogens (tertiary/aromatic N) is 4. The Kier molecular flexibility index (Phi) is 3.38. The van der Waals surface area contributed by atoms with Crippen LogP contribution in [0.4, 0.5) is 4.39 Å². The predicted octanol–water partition coefficient (Wildman–Crippen LogP) is 3.90. The van der Waals surface area contributed by atoms with Gasteiger partial charge in [-0.3, -0.25) is 0 Å². The van der Waals surface area contributed by atoms with Gasteiger partial charge in [-0.2, -0.15) is 9.97 Å². The van der Waals surface area contributed by atoms with E-state index in [2.05, 4.69) is 20.3 Å². The minimum absolute atomic E-state index is 0.265. The van der Waals surface area contributed by atoms with E-state index in [0.29, 0.717) is 23.1 Å². The van der Waals surface area contributed by atoms with Crippen LogP contribution in [0.25, 0.3) is 34.3 Å². The van der Waals surface area contributed by atoms with Crippen molar-refractivity contribution in [3.63, 3.8) is 0 Å². The maximum absolute atomic E-state index is 13.3. The third kappa shape index (κ3) is 2.67. The highest BCUT2D eigenvalue weighted by Crippen LogP contribution is 2.25. The van der Waals surface area contributed by atoms with Gasteiger partial charge in [0.05, 0.1) is 0 Å². The summed E-state index contributed by atoms with van der Waals surface area (Å²) >= 11 is 0. The average molecular weight is 322 g/mol. The minimum atomic E-state index is -0.355. The van der Waals surface area contributed by atoms with Gasteiger partial charge in [0, 0.05) is 16.7 Å². The van der Waals surface area contributed by atoms with Crippen molar-refractivity contribution in [1.82, 2.24) is 20.3 Å². The Morgan fingerprint density at radius 3 is 2.21 bits per heavy atom. The molecule has 0 radical (unpaired) electrons. The molecule has 2 heterocycles. The van der Waals surface area contributed by atoms with Crippen LogP contribution < -0.4 is 0 Å². The van der Waals surface area contributed by atoms with E-state index in [1.807, 2.05) is 24.3 Å². The van der Waals surface area contributed by atoms with Gasteiger partial charge in [0.1, 0.15) is 5.82 Å². The molecule has 2 aromatic carbocycles. The van der Waals surface area contributed by atoms with Gasteiger partial charge in [0.25, 0.3) is 11.8 Å². The Morgan fingerprint density at radius 1 is 0.792 bits per heavy atom. The molecule has 0 unspecified atom stereocenters. The van der Waals surface area contributed by atoms with Gasteiger partial charge in [-0.15, -0.1) is 0 Å². The van der Waals surface area contributed by atoms with Crippen molar-refractivity contribution in [2.24, 2.45) is 0 Å². The maximum atomic E-state index is 13.3. The number of hydrogen-bond acceptors (Lipinski definition) is 6. The van der Waals surface area contributed by atoms with Crippen molar-refractivity contribution in [3.05, 3.63) is 60.2 Å². The topological polar surface area (TPSA) is 77.8 Å². The molecule has 6 nitrogen and oxygen atoms in total. The van der Waals surface area contributed by atoms with Crippen molar-refractivity contribution in [2.45, 2.75) is 6.92 Å². The molecule has 2 aromatic heterocycles. The molecule has 0 saturated carbocycles. The smallest absolute Gasteiger partial charge is 0.258 e. The fourth-order valence-corrected chi connectivity index (χ4v) is 2.26. The van der Waals surface area contributed by atoms with Crippen LogP contribution in [0.2, 0.25) is 0 Å². The van der Waals surface area contributed by atoms with Crippen LogP contribution in [-0.2, 0) is 0 Å². The first-order valence-corrected chi connectivity index (χ1v) is 7.20. The Hall–Kier alpha value is -3.35. The second-order valence-electron chi connectivity index (χ2n) is 5.16. The Morgan fingerprint density at radius 2 is 1.50 bits per heavy atom. The van der Waals surface area contributed by atoms with Crippen LogP contribution in [0.15, 0.2) is 57.6 Å². The van der Waals surface area contributed by atoms with Crippen molar-refractivity contribution >= 4 is 0 Å². The zero-order valence-electron chi connectivity index (χ0n) is 12.6. The SMILES string of the molecule is Cc1noc(-c2ccc(-c3noc(-c4cccc(F)c4)n3)cc2)n1. The summed E-state index contributed by atoms with van der Waals surface area (Å²) in [5, 5.41) is 7.70. The van der Waals surface area contributed by atoms with Crippen molar-refractivity contribution in [1.29, 1.82) is 0 Å². The third-order valence-corrected chi connectivity index (χ3v) is 3.42. The van der Waals surface area contributed by atoms with E-state index in [-0.39, 0.29) is 11.7 Å². The molecule has 0 spiro atoms. The molecule has 24 heavy (non-hydrogen) atoms. The monoisotopic (exact) mass is 322 g/mol. The maximum Gasteiger partial charge on any atom is 0.258 e. The van der Waals surface area contributed by atoms with Crippen LogP contribution in [0, 0.1) is 12.7 Å². The lowest BCUT2D eigenvalue weighted by Gasteiger charge is -1.96. The minimum Gasteiger partial charge on any atom is -0.334 e. The van der Waals surface area contributed by atoms with Gasteiger partial charge in [-0.25, -0.2) is 4.39 Å². The number of aryl methyl sites for hydroxylation is 1. The van der Waals surface area contributed by atoms with E-state index >= 15 is 0 Å². The Bertz CT molecular complexity index is 992. The highest BCUT2D eigenvalue weighted by molar-refractivity contribution is 5.64. The van der Waals surface area contributed by atoms with E-state index in [1.54, 1.807) is 19.1 Å². The second-order valence-corrected chi connectivity index (χ2v) is 5.16. The summed E-state index contributed by atoms with van der Waals surface area (Å²) in [5.74, 6) is 1.36. The van der Waals surface area contributed by atoms with Crippen LogP contribution in [0.3, 0.4) is 0 Å². The summed E-state index contributed by atoms with van der Waals surface area (Å²) in [5.41, 5.74) is 2.10. The van der Waals surface area contributed by atoms with Crippen molar-refractivity contribution < 1.29 is 13.4 Å². The molecule has 0 bridgehead atoms. The van der Waals surface area contributed by atoms with E-state index < -0.39 is 0 Å². The van der Waals surface area contributed by atoms with Gasteiger partial charge < -0.3 is 9.05 Å². The molecule has 118 valence electrons. The fraction of sp³-hybridized carbons (Fsp3) is 0.0588. The molecular weight excluding hydrogens is 311 g/mol. The van der Waals surface area contributed by atoms with Crippen LogP contribution in [0.5, 0.6) is 0 Å². The van der Waals surface area contributed by atoms with Gasteiger partial charge in [0.2, 0.25) is 5.82 Å². The van der Waals surface area contributed by atoms with Gasteiger partial charge in [-0.05, 0) is 37.3 Å². The molecule has 7 heteroatoms. The zero-order valence-corrected chi connectivity index (χ0v) is 12.6. The number of rotatable bonds is 3. The van der Waals surface area contributed by atoms with Gasteiger partial charge >= 0.3 is 0 Å². The summed E-state index contributed by atoms with van der Waals surface area (Å²) in [6.45, 7) is 1.76. The Balaban J connectivity index is 1.63. The highest BCUT2D eigenvalue weighted by atomic mass is 19.1. The van der Waals surface area contributed by atoms with E-state index in [1.165, 1.54) is 12.1 Å². The molecule has 0 saturated heterocycles. The summed E-state index contributed by atoms with van der Waals surface area (Å²) < 4.78 is 23.6. The molecule has 0 N–H and O–H groups in total. The lowest BCUT2D eigenvalue weighted by molar-refractivity contribution is 0.425. The summed E-state index contributed by atoms with van der Waals surface area (Å²) in [6.07, 6.45) is 0. The van der Waals surface area contributed by atoms with Gasteiger partial charge in [0.15, 0.2) is 5.82 Å². The number of halogens is 1. The van der Waals surface area contributed by atoms with Crippen molar-refractivity contribution in [2.75, 3.05) is 0 Å².